The van der Waals surface area contributed by atoms with Gasteiger partial charge in [0.1, 0.15) is 47.7 Å². The number of fused-ring (bicyclic) bond motifs is 7. The molecule has 2 aliphatic rings. The molecule has 14 aromatic carbocycles. The van der Waals surface area contributed by atoms with Gasteiger partial charge >= 0.3 is 44.8 Å². The summed E-state index contributed by atoms with van der Waals surface area (Å²) in [6.45, 7) is 0. The summed E-state index contributed by atoms with van der Waals surface area (Å²) in [5.41, 5.74) is 15.5. The fraction of sp³-hybridized carbons (Fsp3) is 0.0227. The molecule has 0 unspecified atom stereocenters. The summed E-state index contributed by atoms with van der Waals surface area (Å²) in [6, 6.07) is 131. The largest absolute Gasteiger partial charge is 1.00 e. The molecular formula is C88H62Au2P2+2. The first-order valence-electron chi connectivity index (χ1n) is 30.7. The predicted molar refractivity (Wildman–Crippen MR) is 384 cm³/mol. The van der Waals surface area contributed by atoms with Crippen molar-refractivity contribution in [1.82, 2.24) is 0 Å². The van der Waals surface area contributed by atoms with Gasteiger partial charge in [-0.25, -0.2) is 0 Å². The number of rotatable bonds is 10. The quantitative estimate of drug-likeness (QED) is 0.0554. The van der Waals surface area contributed by atoms with Crippen LogP contribution in [0.15, 0.2) is 364 Å². The molecule has 0 fully saturated rings. The van der Waals surface area contributed by atoms with E-state index in [0.717, 1.165) is 22.3 Å². The summed E-state index contributed by atoms with van der Waals surface area (Å²) in [4.78, 5) is 0. The summed E-state index contributed by atoms with van der Waals surface area (Å²) in [7, 11) is -2.46. The van der Waals surface area contributed by atoms with Gasteiger partial charge in [-0.15, -0.1) is 23.3 Å². The van der Waals surface area contributed by atoms with Crippen molar-refractivity contribution in [1.29, 1.82) is 0 Å². The van der Waals surface area contributed by atoms with E-state index < -0.39 is 15.8 Å². The number of hydrogen-bond acceptors (Lipinski definition) is 0. The van der Waals surface area contributed by atoms with E-state index in [-0.39, 0.29) is 55.6 Å². The Balaban J connectivity index is 0.000000134. The zero-order chi connectivity index (χ0) is 60.7. The summed E-state index contributed by atoms with van der Waals surface area (Å²) in [5.74, 6) is 5.32. The topological polar surface area (TPSA) is 0 Å². The van der Waals surface area contributed by atoms with Gasteiger partial charge in [-0.3, -0.25) is 11.8 Å². The molecule has 0 aliphatic heterocycles. The zero-order valence-corrected chi connectivity index (χ0v) is 56.6. The predicted octanol–water partition coefficient (Wildman–Crippen LogP) is 17.8. The Morgan fingerprint density at radius 1 is 0.239 bits per heavy atom. The van der Waals surface area contributed by atoms with Gasteiger partial charge in [0.15, 0.2) is 0 Å². The van der Waals surface area contributed by atoms with Gasteiger partial charge in [-0.2, -0.15) is 0 Å². The molecule has 4 heteroatoms. The van der Waals surface area contributed by atoms with Crippen LogP contribution >= 0.6 is 15.8 Å². The van der Waals surface area contributed by atoms with Crippen LogP contribution in [0.25, 0.3) is 33.0 Å². The van der Waals surface area contributed by atoms with Crippen molar-refractivity contribution in [2.45, 2.75) is 10.8 Å². The second-order valence-electron chi connectivity index (χ2n) is 22.7. The number of benzene rings is 14. The Labute approximate surface area is 575 Å². The Hall–Kier alpha value is -9.20. The molecule has 0 saturated heterocycles. The minimum atomic E-state index is -1.23. The minimum Gasteiger partial charge on any atom is -0.366 e. The average molecular weight is 1580 g/mol. The molecule has 0 nitrogen and oxygen atoms in total. The Morgan fingerprint density at radius 3 is 0.761 bits per heavy atom. The molecule has 0 radical (unpaired) electrons. The molecular weight excluding hydrogens is 1510 g/mol. The van der Waals surface area contributed by atoms with E-state index in [1.807, 2.05) is 24.3 Å². The van der Waals surface area contributed by atoms with Crippen molar-refractivity contribution in [2.24, 2.45) is 0 Å². The molecule has 14 aromatic rings. The molecule has 0 N–H and O–H groups in total. The molecule has 92 heavy (non-hydrogen) atoms. The summed E-state index contributed by atoms with van der Waals surface area (Å²) in [6.07, 6.45) is 15.7. The van der Waals surface area contributed by atoms with Crippen LogP contribution in [0, 0.1) is 24.7 Å². The monoisotopic (exact) mass is 1570 g/mol. The van der Waals surface area contributed by atoms with Gasteiger partial charge in [-0.1, -0.05) is 302 Å². The van der Waals surface area contributed by atoms with E-state index in [1.54, 1.807) is 0 Å². The van der Waals surface area contributed by atoms with Crippen molar-refractivity contribution >= 4 is 58.4 Å². The Kier molecular flexibility index (Phi) is 19.5. The Bertz CT molecular complexity index is 4420. The summed E-state index contributed by atoms with van der Waals surface area (Å²) in [5, 5.41) is 11.3. The van der Waals surface area contributed by atoms with Gasteiger partial charge in [0, 0.05) is 0 Å². The molecule has 444 valence electrons. The maximum absolute atomic E-state index is 7.84. The van der Waals surface area contributed by atoms with E-state index in [4.69, 9.17) is 12.8 Å². The molecule has 0 amide bonds. The fourth-order valence-electron chi connectivity index (χ4n) is 14.2. The molecule has 0 saturated carbocycles. The van der Waals surface area contributed by atoms with Crippen LogP contribution in [0.1, 0.15) is 55.6 Å². The molecule has 0 spiro atoms. The van der Waals surface area contributed by atoms with E-state index in [2.05, 4.69) is 352 Å². The molecule has 0 aromatic heterocycles. The third kappa shape index (κ3) is 11.5. The third-order valence-corrected chi connectivity index (χ3v) is 23.7. The normalized spacial score (nSPS) is 12.3. The van der Waals surface area contributed by atoms with Crippen LogP contribution in [-0.2, 0) is 55.6 Å². The van der Waals surface area contributed by atoms with Crippen LogP contribution in [-0.4, -0.2) is 0 Å². The van der Waals surface area contributed by atoms with Crippen LogP contribution in [0.4, 0.5) is 0 Å². The smallest absolute Gasteiger partial charge is 0.366 e. The van der Waals surface area contributed by atoms with Crippen LogP contribution < -0.4 is 31.8 Å². The van der Waals surface area contributed by atoms with Gasteiger partial charge in [0.2, 0.25) is 0 Å². The van der Waals surface area contributed by atoms with Gasteiger partial charge in [-0.05, 0) is 127 Å². The van der Waals surface area contributed by atoms with Gasteiger partial charge in [0.05, 0.1) is 10.8 Å². The first kappa shape index (κ1) is 63.0. The zero-order valence-electron chi connectivity index (χ0n) is 50.2. The maximum Gasteiger partial charge on any atom is 1.00 e. The van der Waals surface area contributed by atoms with Crippen molar-refractivity contribution in [3.63, 3.8) is 0 Å². The molecule has 0 heterocycles. The Morgan fingerprint density at radius 2 is 0.478 bits per heavy atom. The maximum atomic E-state index is 7.84. The van der Waals surface area contributed by atoms with E-state index in [0.29, 0.717) is 0 Å². The van der Waals surface area contributed by atoms with E-state index in [1.165, 1.54) is 98.2 Å². The van der Waals surface area contributed by atoms with Gasteiger partial charge in [0.25, 0.3) is 0 Å². The van der Waals surface area contributed by atoms with Crippen molar-refractivity contribution in [2.75, 3.05) is 0 Å². The van der Waals surface area contributed by atoms with Gasteiger partial charge < -0.3 is 12.8 Å². The number of hydrogen-bond donors (Lipinski definition) is 0. The second kappa shape index (κ2) is 28.5. The van der Waals surface area contributed by atoms with Crippen molar-refractivity contribution in [3.8, 4) is 34.1 Å². The van der Waals surface area contributed by atoms with Crippen molar-refractivity contribution in [3.05, 3.63) is 432 Å². The first-order valence-corrected chi connectivity index (χ1v) is 33.7. The van der Waals surface area contributed by atoms with Crippen molar-refractivity contribution < 1.29 is 44.8 Å². The fourth-order valence-corrected chi connectivity index (χ4v) is 20.3. The minimum absolute atomic E-state index is 0. The van der Waals surface area contributed by atoms with Crippen LogP contribution in [0.2, 0.25) is 0 Å². The summed E-state index contributed by atoms with van der Waals surface area (Å²) >= 11 is 0. The molecule has 16 rings (SSSR count). The standard InChI is InChI=1S/C34H26P2.2C27H17.2Au/c1-5-17-29(18-6-1)35(30-19-7-2-8-20-30)33-25-27-15-13-14-16-28(27)26-34(33)36(31-21-9-3-10-22-31)32-23-11-4-12-24-32;2*1-2-20-12-11-19-25-26(20)23-17-9-10-18-24(23)27(25,21-13-5-3-6-14-21)22-15-7-4-8-16-22;;/h1-26H;2*3-19H;;/q;2*-1;2*+1/p+2. The van der Waals surface area contributed by atoms with E-state index >= 15 is 0 Å². The molecule has 0 bridgehead atoms. The van der Waals surface area contributed by atoms with Crippen LogP contribution in [0.3, 0.4) is 0 Å². The SMILES string of the molecule is [Au+].[Au+].[C-]#Cc1cccc2c1-c1ccccc1C2(c1ccccc1)c1ccccc1.[C-]#Cc1cccc2c1-c1ccccc1C2(c1ccccc1)c1ccccc1.c1ccc([PH+](c2ccccc2)c2cc3ccccc3cc2[PH+](c2ccccc2)c2ccccc2)cc1. The second-order valence-corrected chi connectivity index (χ2v) is 27.6. The molecule has 2 aliphatic carbocycles. The van der Waals surface area contributed by atoms with Crippen LogP contribution in [0.5, 0.6) is 0 Å². The van der Waals surface area contributed by atoms with E-state index in [9.17, 15) is 0 Å². The first-order chi connectivity index (χ1) is 44.6. The summed E-state index contributed by atoms with van der Waals surface area (Å²) < 4.78 is 0. The third-order valence-electron chi connectivity index (χ3n) is 17.9. The average Bonchev–Trinajstić information content (AvgIpc) is 1.54. The molecule has 0 atom stereocenters.